The SMILES string of the molecule is Clc1ccc(N2CC=CCC2)nn1. The highest BCUT2D eigenvalue weighted by Gasteiger charge is 2.08. The molecular weight excluding hydrogens is 186 g/mol. The van der Waals surface area contributed by atoms with E-state index in [1.807, 2.05) is 6.07 Å². The van der Waals surface area contributed by atoms with Gasteiger partial charge in [-0.1, -0.05) is 23.8 Å². The Balaban J connectivity index is 2.15. The molecule has 0 amide bonds. The first-order valence-corrected chi connectivity index (χ1v) is 4.63. The lowest BCUT2D eigenvalue weighted by molar-refractivity contribution is 0.791. The lowest BCUT2D eigenvalue weighted by Gasteiger charge is -2.23. The van der Waals surface area contributed by atoms with Gasteiger partial charge in [-0.2, -0.15) is 0 Å². The maximum absolute atomic E-state index is 5.64. The highest BCUT2D eigenvalue weighted by molar-refractivity contribution is 6.29. The van der Waals surface area contributed by atoms with Gasteiger partial charge in [0.25, 0.3) is 0 Å². The molecule has 0 bridgehead atoms. The molecule has 68 valence electrons. The van der Waals surface area contributed by atoms with Crippen molar-refractivity contribution in [3.63, 3.8) is 0 Å². The van der Waals surface area contributed by atoms with Crippen molar-refractivity contribution in [1.29, 1.82) is 0 Å². The lowest BCUT2D eigenvalue weighted by Crippen LogP contribution is -2.27. The standard InChI is InChI=1S/C9H10ClN3/c10-8-4-5-9(12-11-8)13-6-2-1-3-7-13/h1-2,4-5H,3,6-7H2. The Labute approximate surface area is 82.0 Å². The van der Waals surface area contributed by atoms with Gasteiger partial charge in [0.15, 0.2) is 11.0 Å². The monoisotopic (exact) mass is 195 g/mol. The number of hydrogen-bond acceptors (Lipinski definition) is 3. The molecule has 0 atom stereocenters. The highest BCUT2D eigenvalue weighted by Crippen LogP contribution is 2.14. The molecule has 0 aliphatic carbocycles. The molecule has 0 N–H and O–H groups in total. The summed E-state index contributed by atoms with van der Waals surface area (Å²) in [7, 11) is 0. The van der Waals surface area contributed by atoms with Crippen LogP contribution in [-0.2, 0) is 0 Å². The summed E-state index contributed by atoms with van der Waals surface area (Å²) in [6.07, 6.45) is 5.39. The fraction of sp³-hybridized carbons (Fsp3) is 0.333. The van der Waals surface area contributed by atoms with E-state index in [0.29, 0.717) is 5.15 Å². The number of rotatable bonds is 1. The van der Waals surface area contributed by atoms with Gasteiger partial charge in [-0.25, -0.2) is 0 Å². The average molecular weight is 196 g/mol. The van der Waals surface area contributed by atoms with Gasteiger partial charge in [-0.3, -0.25) is 0 Å². The van der Waals surface area contributed by atoms with E-state index in [0.717, 1.165) is 25.3 Å². The first kappa shape index (κ1) is 8.51. The van der Waals surface area contributed by atoms with Crippen molar-refractivity contribution in [3.05, 3.63) is 29.4 Å². The van der Waals surface area contributed by atoms with Crippen molar-refractivity contribution < 1.29 is 0 Å². The largest absolute Gasteiger partial charge is 0.351 e. The van der Waals surface area contributed by atoms with Gasteiger partial charge in [-0.15, -0.1) is 10.2 Å². The molecule has 1 aromatic rings. The number of anilines is 1. The molecule has 1 aromatic heterocycles. The maximum Gasteiger partial charge on any atom is 0.151 e. The summed E-state index contributed by atoms with van der Waals surface area (Å²) in [5.41, 5.74) is 0. The molecular formula is C9H10ClN3. The molecule has 2 rings (SSSR count). The molecule has 13 heavy (non-hydrogen) atoms. The summed E-state index contributed by atoms with van der Waals surface area (Å²) in [5, 5.41) is 8.26. The topological polar surface area (TPSA) is 29.0 Å². The van der Waals surface area contributed by atoms with E-state index in [1.54, 1.807) is 6.07 Å². The van der Waals surface area contributed by atoms with Crippen LogP contribution < -0.4 is 4.90 Å². The predicted octanol–water partition coefficient (Wildman–Crippen LogP) is 1.90. The van der Waals surface area contributed by atoms with Crippen LogP contribution in [0.4, 0.5) is 5.82 Å². The fourth-order valence-electron chi connectivity index (χ4n) is 1.33. The molecule has 4 heteroatoms. The van der Waals surface area contributed by atoms with Crippen molar-refractivity contribution in [2.45, 2.75) is 6.42 Å². The zero-order chi connectivity index (χ0) is 9.10. The quantitative estimate of drug-likeness (QED) is 0.641. The Hall–Kier alpha value is -1.09. The van der Waals surface area contributed by atoms with Crippen molar-refractivity contribution in [1.82, 2.24) is 10.2 Å². The van der Waals surface area contributed by atoms with Crippen molar-refractivity contribution in [3.8, 4) is 0 Å². The highest BCUT2D eigenvalue weighted by atomic mass is 35.5. The molecule has 0 fully saturated rings. The van der Waals surface area contributed by atoms with E-state index in [2.05, 4.69) is 27.2 Å². The van der Waals surface area contributed by atoms with Crippen LogP contribution in [0.25, 0.3) is 0 Å². The number of hydrogen-bond donors (Lipinski definition) is 0. The van der Waals surface area contributed by atoms with Crippen LogP contribution in [0.3, 0.4) is 0 Å². The fourth-order valence-corrected chi connectivity index (χ4v) is 1.43. The summed E-state index contributed by atoms with van der Waals surface area (Å²) in [5.74, 6) is 0.897. The maximum atomic E-state index is 5.64. The number of nitrogens with zero attached hydrogens (tertiary/aromatic N) is 3. The van der Waals surface area contributed by atoms with Gasteiger partial charge in [-0.05, 0) is 18.6 Å². The Kier molecular flexibility index (Phi) is 2.45. The van der Waals surface area contributed by atoms with Gasteiger partial charge in [0, 0.05) is 13.1 Å². The molecule has 1 aliphatic rings. The van der Waals surface area contributed by atoms with E-state index in [4.69, 9.17) is 11.6 Å². The minimum atomic E-state index is 0.441. The third-order valence-corrected chi connectivity index (χ3v) is 2.20. The minimum Gasteiger partial charge on any atom is -0.351 e. The smallest absolute Gasteiger partial charge is 0.151 e. The summed E-state index contributed by atoms with van der Waals surface area (Å²) < 4.78 is 0. The van der Waals surface area contributed by atoms with Crippen LogP contribution in [0, 0.1) is 0 Å². The van der Waals surface area contributed by atoms with Crippen LogP contribution in [0.1, 0.15) is 6.42 Å². The normalized spacial score (nSPS) is 16.2. The Morgan fingerprint density at radius 3 is 2.77 bits per heavy atom. The van der Waals surface area contributed by atoms with Crippen molar-refractivity contribution in [2.24, 2.45) is 0 Å². The van der Waals surface area contributed by atoms with E-state index >= 15 is 0 Å². The molecule has 0 aromatic carbocycles. The molecule has 0 saturated carbocycles. The second kappa shape index (κ2) is 3.75. The molecule has 3 nitrogen and oxygen atoms in total. The first-order valence-electron chi connectivity index (χ1n) is 4.25. The molecule has 1 aliphatic heterocycles. The van der Waals surface area contributed by atoms with E-state index < -0.39 is 0 Å². The van der Waals surface area contributed by atoms with Gasteiger partial charge >= 0.3 is 0 Å². The summed E-state index contributed by atoms with van der Waals surface area (Å²) >= 11 is 5.64. The second-order valence-corrected chi connectivity index (χ2v) is 3.31. The second-order valence-electron chi connectivity index (χ2n) is 2.92. The molecule has 0 saturated heterocycles. The van der Waals surface area contributed by atoms with Gasteiger partial charge in [0.05, 0.1) is 0 Å². The summed E-state index contributed by atoms with van der Waals surface area (Å²) in [6.45, 7) is 1.92. The Bertz CT molecular complexity index is 307. The third-order valence-electron chi connectivity index (χ3n) is 2.00. The van der Waals surface area contributed by atoms with Crippen molar-refractivity contribution >= 4 is 17.4 Å². The van der Waals surface area contributed by atoms with Crippen LogP contribution in [0.2, 0.25) is 5.15 Å². The van der Waals surface area contributed by atoms with Crippen LogP contribution in [-0.4, -0.2) is 23.3 Å². The first-order chi connectivity index (χ1) is 6.36. The van der Waals surface area contributed by atoms with E-state index in [-0.39, 0.29) is 0 Å². The Morgan fingerprint density at radius 1 is 1.23 bits per heavy atom. The predicted molar refractivity (Wildman–Crippen MR) is 53.0 cm³/mol. The number of aromatic nitrogens is 2. The van der Waals surface area contributed by atoms with Crippen LogP contribution >= 0.6 is 11.6 Å². The Morgan fingerprint density at radius 2 is 2.15 bits per heavy atom. The van der Waals surface area contributed by atoms with Crippen LogP contribution in [0.15, 0.2) is 24.3 Å². The third kappa shape index (κ3) is 1.98. The number of halogens is 1. The van der Waals surface area contributed by atoms with Gasteiger partial charge in [0.1, 0.15) is 0 Å². The zero-order valence-corrected chi connectivity index (χ0v) is 7.91. The minimum absolute atomic E-state index is 0.441. The van der Waals surface area contributed by atoms with E-state index in [9.17, 15) is 0 Å². The lowest BCUT2D eigenvalue weighted by atomic mass is 10.2. The molecule has 0 radical (unpaired) electrons. The molecule has 0 unspecified atom stereocenters. The summed E-state index contributed by atoms with van der Waals surface area (Å²) in [6, 6.07) is 3.66. The summed E-state index contributed by atoms with van der Waals surface area (Å²) in [4.78, 5) is 2.17. The average Bonchev–Trinajstić information content (AvgIpc) is 2.20. The van der Waals surface area contributed by atoms with Gasteiger partial charge < -0.3 is 4.90 Å². The molecule has 0 spiro atoms. The van der Waals surface area contributed by atoms with Gasteiger partial charge in [0.2, 0.25) is 0 Å². The van der Waals surface area contributed by atoms with Crippen LogP contribution in [0.5, 0.6) is 0 Å². The molecule has 2 heterocycles. The van der Waals surface area contributed by atoms with Crippen molar-refractivity contribution in [2.75, 3.05) is 18.0 Å². The van der Waals surface area contributed by atoms with E-state index in [1.165, 1.54) is 0 Å². The zero-order valence-electron chi connectivity index (χ0n) is 7.15.